The van der Waals surface area contributed by atoms with Crippen LogP contribution >= 0.6 is 11.3 Å². The third-order valence-electron chi connectivity index (χ3n) is 5.88. The summed E-state index contributed by atoms with van der Waals surface area (Å²) >= 11 is 1.68. The first kappa shape index (κ1) is 22.2. The topological polar surface area (TPSA) is 72.9 Å². The van der Waals surface area contributed by atoms with Crippen molar-refractivity contribution in [3.05, 3.63) is 42.0 Å². The summed E-state index contributed by atoms with van der Waals surface area (Å²) in [6.45, 7) is 2.28. The quantitative estimate of drug-likeness (QED) is 0.556. The minimum Gasteiger partial charge on any atom is -0.497 e. The Labute approximate surface area is 192 Å². The van der Waals surface area contributed by atoms with Crippen LogP contribution in [0.5, 0.6) is 17.2 Å². The second kappa shape index (κ2) is 10.1. The van der Waals surface area contributed by atoms with Gasteiger partial charge in [-0.05, 0) is 55.2 Å². The lowest BCUT2D eigenvalue weighted by Gasteiger charge is -2.31. The molecule has 32 heavy (non-hydrogen) atoms. The molecular formula is C24H29N3O4S. The molecule has 8 heteroatoms. The molecule has 1 saturated heterocycles. The van der Waals surface area contributed by atoms with Crippen LogP contribution < -0.4 is 24.4 Å². The van der Waals surface area contributed by atoms with Gasteiger partial charge in [-0.1, -0.05) is 17.4 Å². The van der Waals surface area contributed by atoms with Gasteiger partial charge in [-0.2, -0.15) is 0 Å². The molecule has 1 fully saturated rings. The fourth-order valence-corrected chi connectivity index (χ4v) is 5.04. The zero-order valence-corrected chi connectivity index (χ0v) is 19.5. The van der Waals surface area contributed by atoms with E-state index < -0.39 is 0 Å². The van der Waals surface area contributed by atoms with E-state index in [4.69, 9.17) is 19.2 Å². The first-order valence-corrected chi connectivity index (χ1v) is 11.6. The summed E-state index contributed by atoms with van der Waals surface area (Å²) in [5.74, 6) is 2.44. The summed E-state index contributed by atoms with van der Waals surface area (Å²) in [4.78, 5) is 19.7. The third kappa shape index (κ3) is 4.91. The maximum Gasteiger partial charge on any atom is 0.223 e. The molecule has 1 amide bonds. The molecule has 2 aromatic carbocycles. The van der Waals surface area contributed by atoms with Crippen molar-refractivity contribution in [2.24, 2.45) is 5.92 Å². The monoisotopic (exact) mass is 455 g/mol. The van der Waals surface area contributed by atoms with Crippen LogP contribution in [0.25, 0.3) is 10.2 Å². The Morgan fingerprint density at radius 3 is 2.56 bits per heavy atom. The molecule has 2 heterocycles. The third-order valence-corrected chi connectivity index (χ3v) is 6.96. The van der Waals surface area contributed by atoms with Gasteiger partial charge in [-0.25, -0.2) is 4.98 Å². The first-order chi connectivity index (χ1) is 15.6. The molecule has 0 bridgehead atoms. The molecule has 1 aliphatic rings. The number of aromatic nitrogens is 1. The molecule has 7 nitrogen and oxygen atoms in total. The van der Waals surface area contributed by atoms with E-state index >= 15 is 0 Å². The van der Waals surface area contributed by atoms with Gasteiger partial charge in [0.15, 0.2) is 16.6 Å². The highest BCUT2D eigenvalue weighted by Gasteiger charge is 2.26. The van der Waals surface area contributed by atoms with E-state index in [9.17, 15) is 4.79 Å². The van der Waals surface area contributed by atoms with Crippen molar-refractivity contribution in [3.8, 4) is 17.2 Å². The number of benzene rings is 2. The molecule has 0 spiro atoms. The zero-order valence-electron chi connectivity index (χ0n) is 18.7. The summed E-state index contributed by atoms with van der Waals surface area (Å²) < 4.78 is 17.1. The fraction of sp³-hybridized carbons (Fsp3) is 0.417. The molecule has 0 unspecified atom stereocenters. The van der Waals surface area contributed by atoms with Gasteiger partial charge in [0.05, 0.1) is 31.5 Å². The Morgan fingerprint density at radius 1 is 1.06 bits per heavy atom. The maximum absolute atomic E-state index is 12.7. The number of nitrogens with one attached hydrogen (secondary N) is 1. The average Bonchev–Trinajstić information content (AvgIpc) is 3.27. The van der Waals surface area contributed by atoms with Crippen LogP contribution in [0.3, 0.4) is 0 Å². The lowest BCUT2D eigenvalue weighted by atomic mass is 9.96. The van der Waals surface area contributed by atoms with Crippen molar-refractivity contribution in [1.29, 1.82) is 0 Å². The Hall–Kier alpha value is -3.00. The minimum atomic E-state index is 0.0473. The van der Waals surface area contributed by atoms with Gasteiger partial charge in [0.25, 0.3) is 0 Å². The van der Waals surface area contributed by atoms with E-state index in [0.717, 1.165) is 59.0 Å². The number of ether oxygens (including phenoxy) is 3. The highest BCUT2D eigenvalue weighted by atomic mass is 32.1. The van der Waals surface area contributed by atoms with Crippen molar-refractivity contribution in [2.45, 2.75) is 19.3 Å². The van der Waals surface area contributed by atoms with Crippen molar-refractivity contribution in [3.63, 3.8) is 0 Å². The van der Waals surface area contributed by atoms with E-state index in [1.165, 1.54) is 0 Å². The van der Waals surface area contributed by atoms with Crippen molar-refractivity contribution in [1.82, 2.24) is 10.3 Å². The molecule has 4 rings (SSSR count). The molecule has 170 valence electrons. The van der Waals surface area contributed by atoms with E-state index in [1.807, 2.05) is 36.4 Å². The molecule has 0 aliphatic carbocycles. The normalized spacial score (nSPS) is 14.4. The molecular weight excluding hydrogens is 426 g/mol. The number of fused-ring (bicyclic) bond motifs is 1. The molecule has 1 aromatic heterocycles. The summed E-state index contributed by atoms with van der Waals surface area (Å²) in [5.41, 5.74) is 2.09. The van der Waals surface area contributed by atoms with Gasteiger partial charge in [0.1, 0.15) is 5.75 Å². The van der Waals surface area contributed by atoms with Crippen LogP contribution in [0.15, 0.2) is 36.4 Å². The summed E-state index contributed by atoms with van der Waals surface area (Å²) in [5, 5.41) is 4.11. The van der Waals surface area contributed by atoms with E-state index in [0.29, 0.717) is 18.0 Å². The first-order valence-electron chi connectivity index (χ1n) is 10.8. The van der Waals surface area contributed by atoms with Gasteiger partial charge in [-0.15, -0.1) is 0 Å². The number of carbonyl (C=O) groups excluding carboxylic acids is 1. The summed E-state index contributed by atoms with van der Waals surface area (Å²) in [7, 11) is 4.92. The lowest BCUT2D eigenvalue weighted by molar-refractivity contribution is -0.125. The van der Waals surface area contributed by atoms with Crippen molar-refractivity contribution >= 4 is 32.6 Å². The van der Waals surface area contributed by atoms with Crippen molar-refractivity contribution in [2.75, 3.05) is 45.9 Å². The van der Waals surface area contributed by atoms with Crippen LogP contribution in [0.4, 0.5) is 5.13 Å². The molecule has 1 aliphatic heterocycles. The van der Waals surface area contributed by atoms with E-state index in [-0.39, 0.29) is 11.8 Å². The number of methoxy groups -OCH3 is 3. The number of carbonyl (C=O) groups is 1. The second-order valence-electron chi connectivity index (χ2n) is 7.82. The van der Waals surface area contributed by atoms with Gasteiger partial charge < -0.3 is 24.4 Å². The number of nitrogens with zero attached hydrogens (tertiary/aromatic N) is 2. The largest absolute Gasteiger partial charge is 0.497 e. The van der Waals surface area contributed by atoms with Gasteiger partial charge in [0.2, 0.25) is 5.91 Å². The van der Waals surface area contributed by atoms with Gasteiger partial charge >= 0.3 is 0 Å². The number of amides is 1. The molecule has 0 radical (unpaired) electrons. The predicted octanol–water partition coefficient (Wildman–Crippen LogP) is 3.90. The number of thiazole rings is 1. The van der Waals surface area contributed by atoms with Gasteiger partial charge in [-0.3, -0.25) is 4.79 Å². The smallest absolute Gasteiger partial charge is 0.223 e. The lowest BCUT2D eigenvalue weighted by Crippen LogP contribution is -2.41. The van der Waals surface area contributed by atoms with Crippen molar-refractivity contribution < 1.29 is 19.0 Å². The second-order valence-corrected chi connectivity index (χ2v) is 8.83. The molecule has 1 N–H and O–H groups in total. The minimum absolute atomic E-state index is 0.0473. The summed E-state index contributed by atoms with van der Waals surface area (Å²) in [6, 6.07) is 11.8. The predicted molar refractivity (Wildman–Crippen MR) is 127 cm³/mol. The van der Waals surface area contributed by atoms with E-state index in [2.05, 4.69) is 10.2 Å². The fourth-order valence-electron chi connectivity index (χ4n) is 4.00. The molecule has 0 saturated carbocycles. The molecule has 3 aromatic rings. The van der Waals surface area contributed by atoms with Crippen LogP contribution in [0.1, 0.15) is 18.4 Å². The number of hydrogen-bond donors (Lipinski definition) is 1. The summed E-state index contributed by atoms with van der Waals surface area (Å²) in [6.07, 6.45) is 2.42. The van der Waals surface area contributed by atoms with Crippen LogP contribution in [-0.4, -0.2) is 51.9 Å². The standard InChI is InChI=1S/C24H29N3O4S/c1-29-18-5-6-19-22(15-18)32-24(26-19)27-12-9-17(10-13-27)23(28)25-11-8-16-4-7-20(30-2)21(14-16)31-3/h4-7,14-15,17H,8-13H2,1-3H3,(H,25,28). The number of piperidine rings is 1. The van der Waals surface area contributed by atoms with E-state index in [1.54, 1.807) is 32.7 Å². The Balaban J connectivity index is 1.26. The van der Waals surface area contributed by atoms with Crippen LogP contribution in [0.2, 0.25) is 0 Å². The van der Waals surface area contributed by atoms with Crippen LogP contribution in [0, 0.1) is 5.92 Å². The van der Waals surface area contributed by atoms with Gasteiger partial charge in [0, 0.05) is 25.6 Å². The Kier molecular flexibility index (Phi) is 6.99. The SMILES string of the molecule is COc1ccc2nc(N3CCC(C(=O)NCCc4ccc(OC)c(OC)c4)CC3)sc2c1. The zero-order chi connectivity index (χ0) is 22.5. The number of rotatable bonds is 8. The number of hydrogen-bond acceptors (Lipinski definition) is 7. The van der Waals surface area contributed by atoms with Crippen LogP contribution in [-0.2, 0) is 11.2 Å². The average molecular weight is 456 g/mol. The Morgan fingerprint density at radius 2 is 1.84 bits per heavy atom. The highest BCUT2D eigenvalue weighted by molar-refractivity contribution is 7.22. The highest BCUT2D eigenvalue weighted by Crippen LogP contribution is 2.33. The molecule has 0 atom stereocenters. The Bertz CT molecular complexity index is 1080. The maximum atomic E-state index is 12.7. The number of anilines is 1.